The van der Waals surface area contributed by atoms with Crippen molar-refractivity contribution in [2.45, 2.75) is 6.29 Å². The average molecular weight is 104 g/mol. The van der Waals surface area contributed by atoms with Crippen LogP contribution in [0.5, 0.6) is 0 Å². The monoisotopic (exact) mass is 104 g/mol. The molecule has 0 aromatic rings. The molecule has 0 saturated carbocycles. The molecule has 1 aliphatic heterocycles. The molecule has 1 fully saturated rings. The highest BCUT2D eigenvalue weighted by molar-refractivity contribution is 5.53. The lowest BCUT2D eigenvalue weighted by Gasteiger charge is -1.89. The zero-order valence-corrected chi connectivity index (χ0v) is 3.49. The van der Waals surface area contributed by atoms with Crippen LogP contribution in [0.3, 0.4) is 0 Å². The molecule has 0 N–H and O–H groups in total. The summed E-state index contributed by atoms with van der Waals surface area (Å²) in [7, 11) is 0. The van der Waals surface area contributed by atoms with Gasteiger partial charge >= 0.3 is 0 Å². The molecular formula is C3H4O4. The molecule has 40 valence electrons. The number of carbonyl (C=O) groups is 1. The van der Waals surface area contributed by atoms with Gasteiger partial charge in [-0.2, -0.15) is 4.89 Å². The molecule has 0 bridgehead atoms. The second-order valence-corrected chi connectivity index (χ2v) is 1.00. The lowest BCUT2D eigenvalue weighted by molar-refractivity contribution is -0.267. The van der Waals surface area contributed by atoms with Gasteiger partial charge in [0.15, 0.2) is 13.1 Å². The molecule has 0 spiro atoms. The first-order valence-corrected chi connectivity index (χ1v) is 1.78. The van der Waals surface area contributed by atoms with Crippen molar-refractivity contribution in [3.05, 3.63) is 0 Å². The minimum absolute atomic E-state index is 0.0450. The highest BCUT2D eigenvalue weighted by Crippen LogP contribution is 1.99. The summed E-state index contributed by atoms with van der Waals surface area (Å²) in [4.78, 5) is 18.1. The predicted octanol–water partition coefficient (Wildman–Crippen LogP) is -0.553. The van der Waals surface area contributed by atoms with Gasteiger partial charge in [-0.3, -0.25) is 4.79 Å². The smallest absolute Gasteiger partial charge is 0.249 e. The van der Waals surface area contributed by atoms with Gasteiger partial charge in [0.25, 0.3) is 0 Å². The van der Waals surface area contributed by atoms with Crippen LogP contribution in [0.4, 0.5) is 0 Å². The van der Waals surface area contributed by atoms with Gasteiger partial charge in [0.2, 0.25) is 6.29 Å². The van der Waals surface area contributed by atoms with E-state index in [1.54, 1.807) is 0 Å². The molecular weight excluding hydrogens is 100 g/mol. The van der Waals surface area contributed by atoms with Crippen LogP contribution >= 0.6 is 0 Å². The van der Waals surface area contributed by atoms with E-state index in [4.69, 9.17) is 0 Å². The van der Waals surface area contributed by atoms with Gasteiger partial charge in [-0.1, -0.05) is 0 Å². The SMILES string of the molecule is O=CC1OCOO1. The zero-order chi connectivity index (χ0) is 5.11. The largest absolute Gasteiger partial charge is 0.314 e. The first-order valence-electron chi connectivity index (χ1n) is 1.78. The van der Waals surface area contributed by atoms with Crippen LogP contribution in [0.25, 0.3) is 0 Å². The molecule has 7 heavy (non-hydrogen) atoms. The van der Waals surface area contributed by atoms with Crippen molar-refractivity contribution in [1.29, 1.82) is 0 Å². The molecule has 1 unspecified atom stereocenters. The highest BCUT2D eigenvalue weighted by Gasteiger charge is 2.14. The van der Waals surface area contributed by atoms with Gasteiger partial charge in [-0.15, -0.1) is 0 Å². The molecule has 0 amide bonds. The van der Waals surface area contributed by atoms with Gasteiger partial charge in [-0.05, 0) is 0 Å². The Morgan fingerprint density at radius 2 is 2.57 bits per heavy atom. The van der Waals surface area contributed by atoms with E-state index in [0.717, 1.165) is 0 Å². The van der Waals surface area contributed by atoms with Gasteiger partial charge in [0.1, 0.15) is 0 Å². The Morgan fingerprint density at radius 3 is 2.86 bits per heavy atom. The maximum atomic E-state index is 9.68. The van der Waals surface area contributed by atoms with E-state index in [1.165, 1.54) is 0 Å². The number of hydrogen-bond acceptors (Lipinski definition) is 4. The van der Waals surface area contributed by atoms with Crippen molar-refractivity contribution < 1.29 is 19.3 Å². The van der Waals surface area contributed by atoms with E-state index in [2.05, 4.69) is 14.5 Å². The zero-order valence-electron chi connectivity index (χ0n) is 3.49. The Hall–Kier alpha value is -0.450. The van der Waals surface area contributed by atoms with Gasteiger partial charge in [-0.25, -0.2) is 4.89 Å². The second kappa shape index (κ2) is 2.02. The summed E-state index contributed by atoms with van der Waals surface area (Å²) in [6.07, 6.45) is -0.285. The molecule has 1 rings (SSSR count). The Labute approximate surface area is 39.9 Å². The van der Waals surface area contributed by atoms with E-state index >= 15 is 0 Å². The fourth-order valence-electron chi connectivity index (χ4n) is 0.279. The van der Waals surface area contributed by atoms with Gasteiger partial charge in [0, 0.05) is 0 Å². The highest BCUT2D eigenvalue weighted by atomic mass is 17.3. The standard InChI is InChI=1S/C3H4O4/c4-1-3-5-2-6-7-3/h1,3H,2H2. The molecule has 0 aliphatic carbocycles. The third-order valence-electron chi connectivity index (χ3n) is 0.554. The van der Waals surface area contributed by atoms with Crippen molar-refractivity contribution >= 4 is 6.29 Å². The molecule has 1 atom stereocenters. The Kier molecular flexibility index (Phi) is 1.35. The van der Waals surface area contributed by atoms with Crippen LogP contribution in [-0.4, -0.2) is 19.4 Å². The summed E-state index contributed by atoms with van der Waals surface area (Å²) in [5, 5.41) is 0. The van der Waals surface area contributed by atoms with Crippen LogP contribution < -0.4 is 0 Å². The normalized spacial score (nSPS) is 30.6. The van der Waals surface area contributed by atoms with Crippen molar-refractivity contribution in [2.75, 3.05) is 6.79 Å². The molecule has 0 radical (unpaired) electrons. The third kappa shape index (κ3) is 0.957. The summed E-state index contributed by atoms with van der Waals surface area (Å²) in [5.41, 5.74) is 0. The van der Waals surface area contributed by atoms with Gasteiger partial charge in [0.05, 0.1) is 0 Å². The molecule has 0 aromatic heterocycles. The molecule has 1 heterocycles. The van der Waals surface area contributed by atoms with Crippen molar-refractivity contribution in [2.24, 2.45) is 0 Å². The van der Waals surface area contributed by atoms with E-state index in [0.29, 0.717) is 6.29 Å². The Morgan fingerprint density at radius 1 is 1.71 bits per heavy atom. The lowest BCUT2D eigenvalue weighted by Crippen LogP contribution is -2.07. The first-order chi connectivity index (χ1) is 3.43. The second-order valence-electron chi connectivity index (χ2n) is 1.00. The molecule has 1 saturated heterocycles. The van der Waals surface area contributed by atoms with Crippen molar-refractivity contribution in [3.8, 4) is 0 Å². The minimum Gasteiger partial charge on any atom is -0.314 e. The van der Waals surface area contributed by atoms with E-state index in [-0.39, 0.29) is 6.79 Å². The van der Waals surface area contributed by atoms with Gasteiger partial charge < -0.3 is 4.74 Å². The number of rotatable bonds is 1. The molecule has 4 heteroatoms. The topological polar surface area (TPSA) is 44.8 Å². The quantitative estimate of drug-likeness (QED) is 0.330. The summed E-state index contributed by atoms with van der Waals surface area (Å²) in [6, 6.07) is 0. The van der Waals surface area contributed by atoms with E-state index < -0.39 is 6.29 Å². The number of carbonyl (C=O) groups excluding carboxylic acids is 1. The summed E-state index contributed by atoms with van der Waals surface area (Å²) >= 11 is 0. The maximum absolute atomic E-state index is 9.68. The fraction of sp³-hybridized carbons (Fsp3) is 0.667. The number of aldehydes is 1. The van der Waals surface area contributed by atoms with E-state index in [9.17, 15) is 4.79 Å². The first kappa shape index (κ1) is 4.70. The van der Waals surface area contributed by atoms with Crippen LogP contribution in [0.1, 0.15) is 0 Å². The maximum Gasteiger partial charge on any atom is 0.249 e. The average Bonchev–Trinajstić information content (AvgIpc) is 2.14. The van der Waals surface area contributed by atoms with Crippen LogP contribution in [0, 0.1) is 0 Å². The number of ether oxygens (including phenoxy) is 1. The number of hydrogen-bond donors (Lipinski definition) is 0. The van der Waals surface area contributed by atoms with Crippen LogP contribution in [-0.2, 0) is 19.3 Å². The van der Waals surface area contributed by atoms with Crippen LogP contribution in [0.2, 0.25) is 0 Å². The minimum atomic E-state index is -0.806. The third-order valence-corrected chi connectivity index (χ3v) is 0.554. The molecule has 4 nitrogen and oxygen atoms in total. The summed E-state index contributed by atoms with van der Waals surface area (Å²) in [6.45, 7) is 0.0450. The van der Waals surface area contributed by atoms with E-state index in [1.807, 2.05) is 0 Å². The van der Waals surface area contributed by atoms with Crippen molar-refractivity contribution in [1.82, 2.24) is 0 Å². The Balaban J connectivity index is 2.26. The molecule has 0 aromatic carbocycles. The Bertz CT molecular complexity index is 65.3. The summed E-state index contributed by atoms with van der Waals surface area (Å²) in [5.74, 6) is 0. The van der Waals surface area contributed by atoms with Crippen molar-refractivity contribution in [3.63, 3.8) is 0 Å². The van der Waals surface area contributed by atoms with Crippen LogP contribution in [0.15, 0.2) is 0 Å². The molecule has 1 aliphatic rings. The predicted molar refractivity (Wildman–Crippen MR) is 18.0 cm³/mol. The fourth-order valence-corrected chi connectivity index (χ4v) is 0.279. The lowest BCUT2D eigenvalue weighted by atomic mass is 10.7. The summed E-state index contributed by atoms with van der Waals surface area (Å²) < 4.78 is 4.49.